The van der Waals surface area contributed by atoms with Gasteiger partial charge in [0.05, 0.1) is 25.1 Å². The van der Waals surface area contributed by atoms with Crippen LogP contribution in [-0.2, 0) is 16.1 Å². The van der Waals surface area contributed by atoms with Crippen LogP contribution in [0.5, 0.6) is 0 Å². The summed E-state index contributed by atoms with van der Waals surface area (Å²) >= 11 is 3.05. The van der Waals surface area contributed by atoms with Crippen LogP contribution in [0.1, 0.15) is 17.0 Å². The summed E-state index contributed by atoms with van der Waals surface area (Å²) in [5, 5.41) is 7.57. The third-order valence-corrected chi connectivity index (χ3v) is 7.29. The molecule has 0 saturated heterocycles. The first-order chi connectivity index (χ1) is 16.0. The zero-order valence-corrected chi connectivity index (χ0v) is 20.4. The molecule has 4 aromatic rings. The molecule has 7 nitrogen and oxygen atoms in total. The molecule has 0 unspecified atom stereocenters. The molecule has 1 aromatic carbocycles. The number of aryl methyl sites for hydroxylation is 1. The number of rotatable bonds is 9. The zero-order valence-electron chi connectivity index (χ0n) is 18.8. The van der Waals surface area contributed by atoms with E-state index < -0.39 is 0 Å². The number of carbonyl (C=O) groups excluding carboxylic acids is 1. The van der Waals surface area contributed by atoms with Crippen molar-refractivity contribution in [1.29, 1.82) is 0 Å². The molecule has 0 aliphatic rings. The Kier molecular flexibility index (Phi) is 7.34. The molecule has 3 aromatic heterocycles. The molecule has 0 atom stereocenters. The van der Waals surface area contributed by atoms with Gasteiger partial charge in [0.25, 0.3) is 5.56 Å². The third-order valence-electron chi connectivity index (χ3n) is 5.51. The quantitative estimate of drug-likeness (QED) is 0.369. The summed E-state index contributed by atoms with van der Waals surface area (Å²) in [7, 11) is 1.62. The minimum atomic E-state index is -0.161. The van der Waals surface area contributed by atoms with Crippen molar-refractivity contribution in [1.82, 2.24) is 14.9 Å². The molecule has 0 radical (unpaired) electrons. The van der Waals surface area contributed by atoms with Gasteiger partial charge >= 0.3 is 0 Å². The van der Waals surface area contributed by atoms with Crippen LogP contribution in [0.3, 0.4) is 0 Å². The van der Waals surface area contributed by atoms with Gasteiger partial charge in [-0.05, 0) is 42.5 Å². The lowest BCUT2D eigenvalue weighted by Crippen LogP contribution is -2.36. The van der Waals surface area contributed by atoms with Crippen molar-refractivity contribution in [3.8, 4) is 10.4 Å². The minimum absolute atomic E-state index is 0.126. The van der Waals surface area contributed by atoms with Crippen LogP contribution in [0.2, 0.25) is 0 Å². The van der Waals surface area contributed by atoms with Crippen molar-refractivity contribution in [2.45, 2.75) is 20.4 Å². The molecule has 0 bridgehead atoms. The summed E-state index contributed by atoms with van der Waals surface area (Å²) in [6.07, 6.45) is 0. The highest BCUT2D eigenvalue weighted by Gasteiger charge is 2.17. The van der Waals surface area contributed by atoms with Crippen molar-refractivity contribution < 1.29 is 9.53 Å². The minimum Gasteiger partial charge on any atom is -0.383 e. The van der Waals surface area contributed by atoms with Gasteiger partial charge in [0.1, 0.15) is 10.7 Å². The standard InChI is InChI=1S/C24H26N4O3S2/c1-15-6-4-7-18(16(15)2)25-21(29)13-28(9-10-31-3)12-20-26-23(30)22-17(14-33-24(22)27-20)19-8-5-11-32-19/h4-8,11,14H,9-10,12-13H2,1-3H3,(H,25,29)(H,26,27,30). The number of nitrogens with zero attached hydrogens (tertiary/aromatic N) is 2. The first-order valence-corrected chi connectivity index (χ1v) is 12.3. The van der Waals surface area contributed by atoms with Gasteiger partial charge in [0.2, 0.25) is 5.91 Å². The van der Waals surface area contributed by atoms with E-state index in [1.807, 2.05) is 59.8 Å². The Morgan fingerprint density at radius 3 is 2.82 bits per heavy atom. The number of aromatic nitrogens is 2. The Morgan fingerprint density at radius 2 is 2.06 bits per heavy atom. The fourth-order valence-corrected chi connectivity index (χ4v) is 5.39. The van der Waals surface area contributed by atoms with Crippen molar-refractivity contribution >= 4 is 44.5 Å². The Labute approximate surface area is 200 Å². The summed E-state index contributed by atoms with van der Waals surface area (Å²) in [6, 6.07) is 9.81. The number of thiophene rings is 2. The van der Waals surface area contributed by atoms with Crippen LogP contribution in [0.4, 0.5) is 5.69 Å². The number of fused-ring (bicyclic) bond motifs is 1. The van der Waals surface area contributed by atoms with Gasteiger partial charge in [0, 0.05) is 35.2 Å². The first kappa shape index (κ1) is 23.3. The molecule has 2 N–H and O–H groups in total. The maximum atomic E-state index is 12.9. The lowest BCUT2D eigenvalue weighted by atomic mass is 10.1. The largest absolute Gasteiger partial charge is 0.383 e. The fraction of sp³-hybridized carbons (Fsp3) is 0.292. The maximum Gasteiger partial charge on any atom is 0.260 e. The zero-order chi connectivity index (χ0) is 23.4. The van der Waals surface area contributed by atoms with Gasteiger partial charge in [-0.15, -0.1) is 22.7 Å². The third kappa shape index (κ3) is 5.39. The topological polar surface area (TPSA) is 87.3 Å². The number of H-pyrrole nitrogens is 1. The molecule has 3 heterocycles. The highest BCUT2D eigenvalue weighted by atomic mass is 32.1. The molecule has 0 fully saturated rings. The lowest BCUT2D eigenvalue weighted by molar-refractivity contribution is -0.117. The Morgan fingerprint density at radius 1 is 1.21 bits per heavy atom. The van der Waals surface area contributed by atoms with E-state index in [1.165, 1.54) is 11.3 Å². The van der Waals surface area contributed by atoms with Crippen LogP contribution in [0.25, 0.3) is 20.7 Å². The number of carbonyl (C=O) groups is 1. The monoisotopic (exact) mass is 482 g/mol. The molecule has 0 saturated carbocycles. The van der Waals surface area contributed by atoms with E-state index in [-0.39, 0.29) is 18.0 Å². The van der Waals surface area contributed by atoms with E-state index in [0.717, 1.165) is 27.3 Å². The molecule has 0 spiro atoms. The summed E-state index contributed by atoms with van der Waals surface area (Å²) in [4.78, 5) is 36.9. The van der Waals surface area contributed by atoms with E-state index in [4.69, 9.17) is 4.74 Å². The molecular weight excluding hydrogens is 456 g/mol. The average Bonchev–Trinajstić information content (AvgIpc) is 3.45. The van der Waals surface area contributed by atoms with Crippen molar-refractivity contribution in [2.24, 2.45) is 0 Å². The normalized spacial score (nSPS) is 11.4. The van der Waals surface area contributed by atoms with Gasteiger partial charge in [0.15, 0.2) is 0 Å². The molecule has 1 amide bonds. The number of anilines is 1. The number of methoxy groups -OCH3 is 1. The average molecular weight is 483 g/mol. The number of nitrogens with one attached hydrogen (secondary N) is 2. The van der Waals surface area contributed by atoms with Crippen molar-refractivity contribution in [3.63, 3.8) is 0 Å². The van der Waals surface area contributed by atoms with Gasteiger partial charge in [-0.2, -0.15) is 0 Å². The lowest BCUT2D eigenvalue weighted by Gasteiger charge is -2.21. The van der Waals surface area contributed by atoms with Crippen LogP contribution in [-0.4, -0.2) is 47.6 Å². The van der Waals surface area contributed by atoms with Gasteiger partial charge in [-0.25, -0.2) is 4.98 Å². The number of benzene rings is 1. The molecule has 0 aliphatic heterocycles. The molecule has 172 valence electrons. The van der Waals surface area contributed by atoms with Crippen LogP contribution < -0.4 is 10.9 Å². The van der Waals surface area contributed by atoms with Crippen LogP contribution in [0.15, 0.2) is 45.9 Å². The summed E-state index contributed by atoms with van der Waals surface area (Å²) < 4.78 is 5.22. The van der Waals surface area contributed by atoms with Gasteiger partial charge < -0.3 is 15.0 Å². The number of hydrogen-bond acceptors (Lipinski definition) is 7. The SMILES string of the molecule is COCCN(CC(=O)Nc1cccc(C)c1C)Cc1nc2scc(-c3cccs3)c2c(=O)[nH]1. The summed E-state index contributed by atoms with van der Waals surface area (Å²) in [5.41, 5.74) is 3.72. The highest BCUT2D eigenvalue weighted by Crippen LogP contribution is 2.33. The second-order valence-corrected chi connectivity index (χ2v) is 9.62. The van der Waals surface area contributed by atoms with Gasteiger partial charge in [-0.3, -0.25) is 14.5 Å². The van der Waals surface area contributed by atoms with E-state index in [1.54, 1.807) is 18.4 Å². The molecule has 33 heavy (non-hydrogen) atoms. The summed E-state index contributed by atoms with van der Waals surface area (Å²) in [5.74, 6) is 0.405. The molecular formula is C24H26N4O3S2. The van der Waals surface area contributed by atoms with E-state index >= 15 is 0 Å². The van der Waals surface area contributed by atoms with E-state index in [2.05, 4.69) is 15.3 Å². The number of ether oxygens (including phenoxy) is 1. The van der Waals surface area contributed by atoms with Crippen molar-refractivity contribution in [2.75, 3.05) is 32.1 Å². The van der Waals surface area contributed by atoms with Crippen LogP contribution in [0, 0.1) is 13.8 Å². The number of aromatic amines is 1. The number of hydrogen-bond donors (Lipinski definition) is 2. The predicted octanol–water partition coefficient (Wildman–Crippen LogP) is 4.42. The Hall–Kier alpha value is -2.85. The van der Waals surface area contributed by atoms with Crippen LogP contribution >= 0.6 is 22.7 Å². The smallest absolute Gasteiger partial charge is 0.260 e. The summed E-state index contributed by atoms with van der Waals surface area (Å²) in [6.45, 7) is 5.49. The second-order valence-electron chi connectivity index (χ2n) is 7.82. The molecule has 9 heteroatoms. The van der Waals surface area contributed by atoms with E-state index in [0.29, 0.717) is 35.7 Å². The fourth-order valence-electron chi connectivity index (χ4n) is 3.61. The van der Waals surface area contributed by atoms with Crippen molar-refractivity contribution in [3.05, 3.63) is 68.4 Å². The van der Waals surface area contributed by atoms with Gasteiger partial charge in [-0.1, -0.05) is 18.2 Å². The van der Waals surface area contributed by atoms with E-state index in [9.17, 15) is 9.59 Å². The molecule has 0 aliphatic carbocycles. The Bertz CT molecular complexity index is 1310. The maximum absolute atomic E-state index is 12.9. The molecule has 4 rings (SSSR count). The Balaban J connectivity index is 1.52. The first-order valence-electron chi connectivity index (χ1n) is 10.6. The second kappa shape index (κ2) is 10.4. The number of amides is 1. The highest BCUT2D eigenvalue weighted by molar-refractivity contribution is 7.18. The predicted molar refractivity (Wildman–Crippen MR) is 135 cm³/mol.